The number of hydrogen-bond acceptors (Lipinski definition) is 6. The predicted octanol–water partition coefficient (Wildman–Crippen LogP) is 3.56. The van der Waals surface area contributed by atoms with Gasteiger partial charge < -0.3 is 14.8 Å². The van der Waals surface area contributed by atoms with Crippen LogP contribution in [0.4, 0.5) is 10.2 Å². The van der Waals surface area contributed by atoms with Gasteiger partial charge in [-0.25, -0.2) is 4.39 Å². The van der Waals surface area contributed by atoms with Gasteiger partial charge in [-0.1, -0.05) is 6.07 Å². The van der Waals surface area contributed by atoms with Crippen molar-refractivity contribution in [3.8, 4) is 22.6 Å². The minimum absolute atomic E-state index is 0.253. The summed E-state index contributed by atoms with van der Waals surface area (Å²) >= 11 is 0. The molecule has 1 N–H and O–H groups in total. The summed E-state index contributed by atoms with van der Waals surface area (Å²) in [6, 6.07) is 10.4. The maximum Gasteiger partial charge on any atom is 0.170 e. The molecule has 8 heteroatoms. The minimum atomic E-state index is -0.328. The zero-order valence-corrected chi connectivity index (χ0v) is 15.4. The number of rotatable bonds is 6. The number of methoxy groups -OCH3 is 2. The van der Waals surface area contributed by atoms with Gasteiger partial charge in [0.05, 0.1) is 20.4 Å². The molecule has 0 atom stereocenters. The fourth-order valence-electron chi connectivity index (χ4n) is 3.04. The highest BCUT2D eigenvalue weighted by Gasteiger charge is 2.13. The van der Waals surface area contributed by atoms with Crippen molar-refractivity contribution in [1.82, 2.24) is 19.6 Å². The SMILES string of the molecule is COc1cncc(-c2ccc(NCc3c(F)cccc3OC)n3cnnc23)c1. The van der Waals surface area contributed by atoms with Gasteiger partial charge in [-0.05, 0) is 30.3 Å². The minimum Gasteiger partial charge on any atom is -0.496 e. The monoisotopic (exact) mass is 379 g/mol. The first-order valence-electron chi connectivity index (χ1n) is 8.58. The number of ether oxygens (including phenoxy) is 2. The van der Waals surface area contributed by atoms with Gasteiger partial charge in [0.15, 0.2) is 5.65 Å². The van der Waals surface area contributed by atoms with Crippen molar-refractivity contribution < 1.29 is 13.9 Å². The highest BCUT2D eigenvalue weighted by atomic mass is 19.1. The molecule has 1 aromatic carbocycles. The van der Waals surface area contributed by atoms with Gasteiger partial charge in [0, 0.05) is 29.4 Å². The van der Waals surface area contributed by atoms with Gasteiger partial charge in [0.25, 0.3) is 0 Å². The van der Waals surface area contributed by atoms with Gasteiger partial charge in [0.1, 0.15) is 29.5 Å². The van der Waals surface area contributed by atoms with Crippen molar-refractivity contribution in [1.29, 1.82) is 0 Å². The Morgan fingerprint density at radius 1 is 1.11 bits per heavy atom. The molecule has 142 valence electrons. The number of nitrogens with zero attached hydrogens (tertiary/aromatic N) is 4. The Morgan fingerprint density at radius 3 is 2.82 bits per heavy atom. The average molecular weight is 379 g/mol. The fraction of sp³-hybridized carbons (Fsp3) is 0.150. The Balaban J connectivity index is 1.68. The lowest BCUT2D eigenvalue weighted by molar-refractivity contribution is 0.405. The summed E-state index contributed by atoms with van der Waals surface area (Å²) < 4.78 is 26.5. The summed E-state index contributed by atoms with van der Waals surface area (Å²) in [7, 11) is 3.12. The van der Waals surface area contributed by atoms with E-state index in [0.717, 1.165) is 16.9 Å². The molecular formula is C20H18FN5O2. The van der Waals surface area contributed by atoms with Crippen LogP contribution >= 0.6 is 0 Å². The number of benzene rings is 1. The molecule has 0 spiro atoms. The molecule has 4 rings (SSSR count). The molecule has 0 saturated heterocycles. The van der Waals surface area contributed by atoms with Crippen LogP contribution in [0.25, 0.3) is 16.8 Å². The highest BCUT2D eigenvalue weighted by molar-refractivity contribution is 5.79. The molecule has 0 bridgehead atoms. The summed E-state index contributed by atoms with van der Waals surface area (Å²) in [5.74, 6) is 1.55. The molecular weight excluding hydrogens is 361 g/mol. The van der Waals surface area contributed by atoms with Crippen LogP contribution in [0, 0.1) is 5.82 Å². The Hall–Kier alpha value is -3.68. The maximum atomic E-state index is 14.2. The third-order valence-corrected chi connectivity index (χ3v) is 4.46. The maximum absolute atomic E-state index is 14.2. The Morgan fingerprint density at radius 2 is 2.00 bits per heavy atom. The lowest BCUT2D eigenvalue weighted by atomic mass is 10.1. The normalized spacial score (nSPS) is 10.8. The summed E-state index contributed by atoms with van der Waals surface area (Å²) in [5, 5.41) is 11.5. The van der Waals surface area contributed by atoms with Gasteiger partial charge in [-0.2, -0.15) is 0 Å². The van der Waals surface area contributed by atoms with Gasteiger partial charge in [-0.3, -0.25) is 9.38 Å². The molecule has 0 saturated carbocycles. The summed E-state index contributed by atoms with van der Waals surface area (Å²) in [6.07, 6.45) is 4.99. The molecule has 3 heterocycles. The van der Waals surface area contributed by atoms with E-state index in [4.69, 9.17) is 9.47 Å². The molecule has 0 radical (unpaired) electrons. The highest BCUT2D eigenvalue weighted by Crippen LogP contribution is 2.28. The first kappa shape index (κ1) is 17.7. The first-order chi connectivity index (χ1) is 13.7. The van der Waals surface area contributed by atoms with E-state index in [1.165, 1.54) is 13.2 Å². The zero-order chi connectivity index (χ0) is 19.5. The Bertz CT molecular complexity index is 1130. The van der Waals surface area contributed by atoms with Crippen LogP contribution in [0.2, 0.25) is 0 Å². The van der Waals surface area contributed by atoms with Crippen LogP contribution in [0.15, 0.2) is 55.1 Å². The summed E-state index contributed by atoms with van der Waals surface area (Å²) in [5.41, 5.74) is 2.82. The zero-order valence-electron chi connectivity index (χ0n) is 15.4. The third-order valence-electron chi connectivity index (χ3n) is 4.46. The molecule has 0 unspecified atom stereocenters. The Kier molecular flexibility index (Phi) is 4.76. The van der Waals surface area contributed by atoms with Crippen molar-refractivity contribution in [2.75, 3.05) is 19.5 Å². The van der Waals surface area contributed by atoms with Gasteiger partial charge in [0.2, 0.25) is 0 Å². The second-order valence-electron chi connectivity index (χ2n) is 6.04. The molecule has 28 heavy (non-hydrogen) atoms. The van der Waals surface area contributed by atoms with Crippen molar-refractivity contribution in [3.63, 3.8) is 0 Å². The number of hydrogen-bond donors (Lipinski definition) is 1. The molecule has 4 aromatic rings. The average Bonchev–Trinajstić information content (AvgIpc) is 3.22. The predicted molar refractivity (Wildman–Crippen MR) is 103 cm³/mol. The molecule has 3 aromatic heterocycles. The number of anilines is 1. The molecule has 0 aliphatic heterocycles. The number of halogens is 1. The largest absolute Gasteiger partial charge is 0.496 e. The standard InChI is InChI=1S/C20H18FN5O2/c1-27-14-8-13(9-22-10-14)15-6-7-19(26-12-24-25-20(15)26)23-11-16-17(21)4-3-5-18(16)28-2/h3-10,12,23H,11H2,1-2H3. The van der Waals surface area contributed by atoms with Gasteiger partial charge in [-0.15, -0.1) is 10.2 Å². The Labute approximate surface area is 160 Å². The quantitative estimate of drug-likeness (QED) is 0.552. The van der Waals surface area contributed by atoms with E-state index in [2.05, 4.69) is 20.5 Å². The molecule has 0 amide bonds. The van der Waals surface area contributed by atoms with Crippen LogP contribution in [0.5, 0.6) is 11.5 Å². The van der Waals surface area contributed by atoms with Gasteiger partial charge >= 0.3 is 0 Å². The van der Waals surface area contributed by atoms with E-state index in [1.807, 2.05) is 22.6 Å². The molecule has 0 aliphatic rings. The number of fused-ring (bicyclic) bond motifs is 1. The second-order valence-corrected chi connectivity index (χ2v) is 6.04. The first-order valence-corrected chi connectivity index (χ1v) is 8.58. The van der Waals surface area contributed by atoms with Crippen LogP contribution in [-0.4, -0.2) is 33.8 Å². The van der Waals surface area contributed by atoms with Crippen molar-refractivity contribution in [2.24, 2.45) is 0 Å². The topological polar surface area (TPSA) is 73.6 Å². The molecule has 0 aliphatic carbocycles. The van der Waals surface area contributed by atoms with Crippen molar-refractivity contribution in [2.45, 2.75) is 6.54 Å². The van der Waals surface area contributed by atoms with E-state index >= 15 is 0 Å². The second kappa shape index (κ2) is 7.51. The van der Waals surface area contributed by atoms with Crippen molar-refractivity contribution in [3.05, 3.63) is 66.5 Å². The van der Waals surface area contributed by atoms with Crippen LogP contribution in [0.1, 0.15) is 5.56 Å². The number of aromatic nitrogens is 4. The fourth-order valence-corrected chi connectivity index (χ4v) is 3.04. The van der Waals surface area contributed by atoms with E-state index in [1.54, 1.807) is 38.0 Å². The van der Waals surface area contributed by atoms with E-state index in [0.29, 0.717) is 22.7 Å². The number of pyridine rings is 2. The third kappa shape index (κ3) is 3.20. The summed E-state index contributed by atoms with van der Waals surface area (Å²) in [4.78, 5) is 4.20. The van der Waals surface area contributed by atoms with E-state index < -0.39 is 0 Å². The van der Waals surface area contributed by atoms with E-state index in [9.17, 15) is 4.39 Å². The van der Waals surface area contributed by atoms with E-state index in [-0.39, 0.29) is 12.4 Å². The van der Waals surface area contributed by atoms with Crippen LogP contribution in [0.3, 0.4) is 0 Å². The lowest BCUT2D eigenvalue weighted by Crippen LogP contribution is -2.07. The van der Waals surface area contributed by atoms with Crippen molar-refractivity contribution >= 4 is 11.5 Å². The smallest absolute Gasteiger partial charge is 0.170 e. The van der Waals surface area contributed by atoms with Crippen LogP contribution < -0.4 is 14.8 Å². The lowest BCUT2D eigenvalue weighted by Gasteiger charge is -2.13. The molecule has 7 nitrogen and oxygen atoms in total. The van der Waals surface area contributed by atoms with Crippen LogP contribution in [-0.2, 0) is 6.54 Å². The summed E-state index contributed by atoms with van der Waals surface area (Å²) in [6.45, 7) is 0.253. The number of nitrogens with one attached hydrogen (secondary N) is 1. The molecule has 0 fully saturated rings.